The van der Waals surface area contributed by atoms with Gasteiger partial charge in [0.15, 0.2) is 6.10 Å². The second-order valence-corrected chi connectivity index (χ2v) is 21.9. The average Bonchev–Trinajstić information content (AvgIpc) is 3.41. The minimum absolute atomic E-state index is 0.151. The lowest BCUT2D eigenvalue weighted by molar-refractivity contribution is -0.161. The number of allylic oxidation sites excluding steroid dienone is 12. The molecule has 0 heterocycles. The molecule has 0 saturated heterocycles. The summed E-state index contributed by atoms with van der Waals surface area (Å²) in [4.78, 5) is 48.6. The van der Waals surface area contributed by atoms with Crippen LogP contribution >= 0.6 is 7.82 Å². The molecule has 0 amide bonds. The van der Waals surface area contributed by atoms with Crippen LogP contribution in [0.5, 0.6) is 0 Å². The predicted octanol–water partition coefficient (Wildman–Crippen LogP) is 18.5. The summed E-state index contributed by atoms with van der Waals surface area (Å²) in [6.45, 7) is 4.51. The Balaban J connectivity index is 4.64. The van der Waals surface area contributed by atoms with E-state index in [9.17, 15) is 28.9 Å². The van der Waals surface area contributed by atoms with Crippen LogP contribution in [0.15, 0.2) is 72.9 Å². The first kappa shape index (κ1) is 72.9. The van der Waals surface area contributed by atoms with Crippen LogP contribution in [0.3, 0.4) is 0 Å². The van der Waals surface area contributed by atoms with Crippen LogP contribution < -0.4 is 0 Å². The Labute approximate surface area is 465 Å². The highest BCUT2D eigenvalue weighted by Crippen LogP contribution is 2.43. The third-order valence-corrected chi connectivity index (χ3v) is 14.1. The van der Waals surface area contributed by atoms with Crippen molar-refractivity contribution in [2.75, 3.05) is 26.4 Å². The van der Waals surface area contributed by atoms with Crippen LogP contribution in [0.1, 0.15) is 278 Å². The zero-order valence-corrected chi connectivity index (χ0v) is 49.6. The smallest absolute Gasteiger partial charge is 0.462 e. The summed E-state index contributed by atoms with van der Waals surface area (Å²) in [5.41, 5.74) is 0. The quantitative estimate of drug-likeness (QED) is 0.0197. The Morgan fingerprint density at radius 1 is 0.382 bits per heavy atom. The van der Waals surface area contributed by atoms with Gasteiger partial charge in [-0.2, -0.15) is 0 Å². The summed E-state index contributed by atoms with van der Waals surface area (Å²) in [5.74, 6) is -1.48. The molecular formula is C64H113O11P. The van der Waals surface area contributed by atoms with Crippen LogP contribution in [0, 0.1) is 0 Å². The molecule has 0 aliphatic rings. The van der Waals surface area contributed by atoms with Gasteiger partial charge in [-0.15, -0.1) is 0 Å². The zero-order valence-electron chi connectivity index (χ0n) is 48.7. The van der Waals surface area contributed by atoms with E-state index in [2.05, 4.69) is 93.7 Å². The fourth-order valence-electron chi connectivity index (χ4n) is 8.44. The van der Waals surface area contributed by atoms with Crippen LogP contribution in [0.4, 0.5) is 0 Å². The minimum atomic E-state index is -4.75. The highest BCUT2D eigenvalue weighted by atomic mass is 31.2. The van der Waals surface area contributed by atoms with E-state index >= 15 is 0 Å². The minimum Gasteiger partial charge on any atom is -0.462 e. The van der Waals surface area contributed by atoms with Crippen molar-refractivity contribution in [3.63, 3.8) is 0 Å². The van der Waals surface area contributed by atoms with E-state index in [0.29, 0.717) is 19.3 Å². The number of esters is 3. The summed E-state index contributed by atoms with van der Waals surface area (Å²) in [5, 5.41) is 9.84. The topological polar surface area (TPSA) is 155 Å². The van der Waals surface area contributed by atoms with E-state index in [-0.39, 0.29) is 25.9 Å². The van der Waals surface area contributed by atoms with Gasteiger partial charge in [-0.3, -0.25) is 23.4 Å². The number of phosphoric acid groups is 1. The number of carbonyl (C=O) groups is 3. The molecule has 12 heteroatoms. The molecule has 11 nitrogen and oxygen atoms in total. The second kappa shape index (κ2) is 58.1. The lowest BCUT2D eigenvalue weighted by Crippen LogP contribution is -2.30. The normalized spacial score (nSPS) is 13.8. The van der Waals surface area contributed by atoms with Gasteiger partial charge in [0.1, 0.15) is 12.7 Å². The van der Waals surface area contributed by atoms with E-state index in [1.54, 1.807) is 0 Å². The van der Waals surface area contributed by atoms with E-state index in [1.807, 2.05) is 0 Å². The maximum atomic E-state index is 12.9. The molecule has 0 rings (SSSR count). The van der Waals surface area contributed by atoms with Crippen molar-refractivity contribution in [1.82, 2.24) is 0 Å². The van der Waals surface area contributed by atoms with Gasteiger partial charge in [-0.1, -0.05) is 241 Å². The number of hydrogen-bond acceptors (Lipinski definition) is 10. The number of phosphoric ester groups is 1. The number of rotatable bonds is 57. The zero-order chi connectivity index (χ0) is 55.5. The lowest BCUT2D eigenvalue weighted by Gasteiger charge is -2.21. The first-order chi connectivity index (χ1) is 37.2. The second-order valence-electron chi connectivity index (χ2n) is 20.5. The van der Waals surface area contributed by atoms with Crippen LogP contribution in [0.2, 0.25) is 0 Å². The molecule has 0 aliphatic carbocycles. The third kappa shape index (κ3) is 55.7. The number of aliphatic hydroxyl groups is 1. The first-order valence-electron chi connectivity index (χ1n) is 30.8. The molecule has 0 aromatic heterocycles. The molecule has 3 atom stereocenters. The Kier molecular flexibility index (Phi) is 55.7. The number of hydrogen-bond donors (Lipinski definition) is 2. The molecule has 0 saturated carbocycles. The summed E-state index contributed by atoms with van der Waals surface area (Å²) < 4.78 is 39.6. The van der Waals surface area contributed by atoms with Gasteiger partial charge < -0.3 is 24.2 Å². The number of aliphatic hydroxyl groups excluding tert-OH is 1. The molecule has 440 valence electrons. The largest absolute Gasteiger partial charge is 0.472 e. The van der Waals surface area contributed by atoms with E-state index in [1.165, 1.54) is 103 Å². The monoisotopic (exact) mass is 1090 g/mol. The summed E-state index contributed by atoms with van der Waals surface area (Å²) in [6, 6.07) is 0. The molecule has 0 aromatic rings. The third-order valence-electron chi connectivity index (χ3n) is 13.1. The molecule has 0 bridgehead atoms. The Bertz CT molecular complexity index is 1550. The number of carbonyl (C=O) groups excluding carboxylic acids is 3. The van der Waals surface area contributed by atoms with E-state index in [0.717, 1.165) is 116 Å². The summed E-state index contributed by atoms with van der Waals surface area (Å²) in [6.07, 6.45) is 65.7. The molecule has 0 fully saturated rings. The van der Waals surface area contributed by atoms with Crippen LogP contribution in [-0.4, -0.2) is 66.5 Å². The van der Waals surface area contributed by atoms with Gasteiger partial charge in [0, 0.05) is 19.3 Å². The fraction of sp³-hybridized carbons (Fsp3) is 0.766. The molecule has 0 radical (unpaired) electrons. The van der Waals surface area contributed by atoms with Crippen molar-refractivity contribution in [1.29, 1.82) is 0 Å². The van der Waals surface area contributed by atoms with Crippen molar-refractivity contribution >= 4 is 25.7 Å². The van der Waals surface area contributed by atoms with Gasteiger partial charge in [0.2, 0.25) is 0 Å². The Morgan fingerprint density at radius 3 is 1.08 bits per heavy atom. The van der Waals surface area contributed by atoms with Gasteiger partial charge in [-0.05, 0) is 89.9 Å². The SMILES string of the molecule is CC/C=C\C/C=C\C/C=C\C/C=C\CCCCCCCCC(=O)OC(COC(=O)CCCCCCCCCCCCC)COP(=O)(O)OCC(CO)OC(=O)CCCCCCCCCCC/C=C\C/C=C\CCCCC. The maximum Gasteiger partial charge on any atom is 0.472 e. The molecule has 2 N–H and O–H groups in total. The van der Waals surface area contributed by atoms with Gasteiger partial charge >= 0.3 is 25.7 Å². The first-order valence-corrected chi connectivity index (χ1v) is 32.3. The van der Waals surface area contributed by atoms with Crippen molar-refractivity contribution in [2.45, 2.75) is 290 Å². The molecule has 0 spiro atoms. The van der Waals surface area contributed by atoms with Gasteiger partial charge in [0.25, 0.3) is 0 Å². The molecule has 3 unspecified atom stereocenters. The van der Waals surface area contributed by atoms with E-state index in [4.69, 9.17) is 23.3 Å². The Hall–Kier alpha value is -3.08. The summed E-state index contributed by atoms with van der Waals surface area (Å²) >= 11 is 0. The van der Waals surface area contributed by atoms with Gasteiger partial charge in [-0.25, -0.2) is 4.57 Å². The molecular weight excluding hydrogens is 976 g/mol. The Morgan fingerprint density at radius 2 is 0.684 bits per heavy atom. The maximum absolute atomic E-state index is 12.9. The average molecular weight is 1090 g/mol. The standard InChI is InChI=1S/C64H113O11P/c1-4-7-10-13-16-19-22-24-26-28-30-32-34-36-39-42-45-48-51-54-63(67)74-60(56-65)58-72-76(69,70)73-59-61(57-71-62(66)53-50-47-44-41-38-21-18-15-12-9-6-3)75-64(68)55-52-49-46-43-40-37-35-33-31-29-27-25-23-20-17-14-11-8-5-2/h8,11,16-17,19-20,24-27,31,33,60-61,65H,4-7,9-10,12-15,18,21-23,28-30,32,34-59H2,1-3H3,(H,69,70)/b11-8-,19-16-,20-17-,26-24-,27-25-,33-31-. The van der Waals surface area contributed by atoms with Crippen molar-refractivity contribution in [2.24, 2.45) is 0 Å². The fourth-order valence-corrected chi connectivity index (χ4v) is 9.22. The van der Waals surface area contributed by atoms with Gasteiger partial charge in [0.05, 0.1) is 19.8 Å². The number of unbranched alkanes of at least 4 members (excludes halogenated alkanes) is 28. The molecule has 0 aromatic carbocycles. The predicted molar refractivity (Wildman–Crippen MR) is 316 cm³/mol. The highest BCUT2D eigenvalue weighted by Gasteiger charge is 2.28. The highest BCUT2D eigenvalue weighted by molar-refractivity contribution is 7.47. The van der Waals surface area contributed by atoms with E-state index < -0.39 is 57.8 Å². The summed E-state index contributed by atoms with van der Waals surface area (Å²) in [7, 11) is -4.75. The molecule has 76 heavy (non-hydrogen) atoms. The van der Waals surface area contributed by atoms with Crippen LogP contribution in [-0.2, 0) is 42.2 Å². The molecule has 0 aliphatic heterocycles. The number of ether oxygens (including phenoxy) is 3. The van der Waals surface area contributed by atoms with Crippen LogP contribution in [0.25, 0.3) is 0 Å². The van der Waals surface area contributed by atoms with Crippen molar-refractivity contribution in [3.8, 4) is 0 Å². The van der Waals surface area contributed by atoms with Crippen molar-refractivity contribution < 1.29 is 52.2 Å². The lowest BCUT2D eigenvalue weighted by atomic mass is 10.1. The van der Waals surface area contributed by atoms with Crippen molar-refractivity contribution in [3.05, 3.63) is 72.9 Å².